The van der Waals surface area contributed by atoms with Gasteiger partial charge in [0.2, 0.25) is 0 Å². The van der Waals surface area contributed by atoms with Crippen LogP contribution in [-0.4, -0.2) is 21.2 Å². The molecule has 0 saturated carbocycles. The van der Waals surface area contributed by atoms with Crippen LogP contribution in [0.1, 0.15) is 27.0 Å². The molecular formula is C24H23NO3S. The number of anilines is 1. The van der Waals surface area contributed by atoms with Crippen LogP contribution in [0.5, 0.6) is 0 Å². The molecule has 0 aliphatic rings. The summed E-state index contributed by atoms with van der Waals surface area (Å²) in [6.07, 6.45) is 4.45. The van der Waals surface area contributed by atoms with Crippen molar-refractivity contribution in [2.45, 2.75) is 18.7 Å². The van der Waals surface area contributed by atoms with Crippen molar-refractivity contribution >= 4 is 28.1 Å². The normalized spacial score (nSPS) is 11.5. The first-order valence-electron chi connectivity index (χ1n) is 9.28. The van der Waals surface area contributed by atoms with Crippen molar-refractivity contribution in [1.82, 2.24) is 0 Å². The number of aryl methyl sites for hydroxylation is 2. The van der Waals surface area contributed by atoms with E-state index < -0.39 is 10.0 Å². The van der Waals surface area contributed by atoms with E-state index in [0.29, 0.717) is 17.5 Å². The number of hydrogen-bond donors (Lipinski definition) is 0. The van der Waals surface area contributed by atoms with Crippen LogP contribution < -0.4 is 4.31 Å². The molecule has 3 rings (SSSR count). The van der Waals surface area contributed by atoms with Gasteiger partial charge in [0.1, 0.15) is 6.29 Å². The number of nitrogens with zero attached hydrogens (tertiary/aromatic N) is 1. The smallest absolute Gasteiger partial charge is 0.264 e. The first kappa shape index (κ1) is 20.6. The van der Waals surface area contributed by atoms with Gasteiger partial charge in [-0.25, -0.2) is 8.42 Å². The second-order valence-electron chi connectivity index (χ2n) is 6.82. The van der Waals surface area contributed by atoms with Crippen LogP contribution in [0.15, 0.2) is 83.8 Å². The Kier molecular flexibility index (Phi) is 6.29. The molecule has 0 bridgehead atoms. The highest BCUT2D eigenvalue weighted by atomic mass is 32.2. The van der Waals surface area contributed by atoms with E-state index in [1.807, 2.05) is 50.3 Å². The molecule has 0 N–H and O–H groups in total. The van der Waals surface area contributed by atoms with Gasteiger partial charge < -0.3 is 0 Å². The highest BCUT2D eigenvalue weighted by Gasteiger charge is 2.24. The van der Waals surface area contributed by atoms with Crippen molar-refractivity contribution < 1.29 is 13.2 Å². The number of hydrogen-bond acceptors (Lipinski definition) is 3. The topological polar surface area (TPSA) is 54.5 Å². The number of carbonyl (C=O) groups is 1. The van der Waals surface area contributed by atoms with Gasteiger partial charge in [0, 0.05) is 5.56 Å². The highest BCUT2D eigenvalue weighted by Crippen LogP contribution is 2.25. The van der Waals surface area contributed by atoms with Crippen LogP contribution in [0.3, 0.4) is 0 Å². The van der Waals surface area contributed by atoms with Crippen LogP contribution in [-0.2, 0) is 10.0 Å². The minimum absolute atomic E-state index is 0.146. The molecule has 0 radical (unpaired) electrons. The second-order valence-corrected chi connectivity index (χ2v) is 8.68. The minimum atomic E-state index is -3.79. The van der Waals surface area contributed by atoms with Gasteiger partial charge in [-0.2, -0.15) is 0 Å². The Balaban J connectivity index is 2.00. The molecule has 0 amide bonds. The van der Waals surface area contributed by atoms with Gasteiger partial charge in [-0.05, 0) is 49.2 Å². The fraction of sp³-hybridized carbons (Fsp3) is 0.125. The summed E-state index contributed by atoms with van der Waals surface area (Å²) < 4.78 is 28.0. The molecule has 0 aliphatic carbocycles. The Morgan fingerprint density at radius 2 is 1.62 bits per heavy atom. The van der Waals surface area contributed by atoms with E-state index in [-0.39, 0.29) is 11.4 Å². The van der Waals surface area contributed by atoms with Crippen molar-refractivity contribution in [2.24, 2.45) is 0 Å². The molecule has 0 unspecified atom stereocenters. The van der Waals surface area contributed by atoms with Gasteiger partial charge in [0.25, 0.3) is 10.0 Å². The predicted molar refractivity (Wildman–Crippen MR) is 118 cm³/mol. The monoisotopic (exact) mass is 405 g/mol. The fourth-order valence-corrected chi connectivity index (χ4v) is 4.39. The Bertz CT molecular complexity index is 1130. The molecule has 0 aliphatic heterocycles. The molecule has 0 aromatic heterocycles. The Hall–Kier alpha value is -3.18. The summed E-state index contributed by atoms with van der Waals surface area (Å²) >= 11 is 0. The van der Waals surface area contributed by atoms with Gasteiger partial charge in [-0.3, -0.25) is 9.10 Å². The SMILES string of the molecule is Cc1ccc(S(=O)(=O)N(CC=Cc2ccccc2C)c2cccc(C=O)c2)cc1. The molecule has 0 saturated heterocycles. The summed E-state index contributed by atoms with van der Waals surface area (Å²) in [6.45, 7) is 4.06. The molecular weight excluding hydrogens is 382 g/mol. The van der Waals surface area contributed by atoms with E-state index in [1.165, 1.54) is 4.31 Å². The summed E-state index contributed by atoms with van der Waals surface area (Å²) in [5, 5.41) is 0. The molecule has 0 spiro atoms. The van der Waals surface area contributed by atoms with Gasteiger partial charge in [-0.1, -0.05) is 66.2 Å². The van der Waals surface area contributed by atoms with Crippen molar-refractivity contribution in [3.63, 3.8) is 0 Å². The fourth-order valence-electron chi connectivity index (χ4n) is 2.98. The maximum absolute atomic E-state index is 13.4. The number of aldehydes is 1. The Morgan fingerprint density at radius 1 is 0.897 bits per heavy atom. The summed E-state index contributed by atoms with van der Waals surface area (Å²) in [7, 11) is -3.79. The molecule has 29 heavy (non-hydrogen) atoms. The number of benzene rings is 3. The minimum Gasteiger partial charge on any atom is -0.298 e. The zero-order chi connectivity index (χ0) is 20.9. The summed E-state index contributed by atoms with van der Waals surface area (Å²) in [4.78, 5) is 11.4. The molecule has 5 heteroatoms. The summed E-state index contributed by atoms with van der Waals surface area (Å²) in [5.74, 6) is 0. The predicted octanol–water partition coefficient (Wildman–Crippen LogP) is 5.02. The highest BCUT2D eigenvalue weighted by molar-refractivity contribution is 7.92. The van der Waals surface area contributed by atoms with Crippen molar-refractivity contribution in [3.8, 4) is 0 Å². The van der Waals surface area contributed by atoms with Gasteiger partial charge in [0.05, 0.1) is 17.1 Å². The van der Waals surface area contributed by atoms with E-state index in [9.17, 15) is 13.2 Å². The van der Waals surface area contributed by atoms with Crippen LogP contribution in [0.2, 0.25) is 0 Å². The van der Waals surface area contributed by atoms with Crippen LogP contribution >= 0.6 is 0 Å². The Morgan fingerprint density at radius 3 is 2.31 bits per heavy atom. The standard InChI is InChI=1S/C24H23NO3S/c1-19-12-14-24(15-13-19)29(27,28)25(23-11-5-8-21(17-23)18-26)16-6-10-22-9-4-3-7-20(22)2/h3-15,17-18H,16H2,1-2H3. The Labute approximate surface area is 172 Å². The largest absolute Gasteiger partial charge is 0.298 e. The molecule has 0 atom stereocenters. The van der Waals surface area contributed by atoms with E-state index >= 15 is 0 Å². The molecule has 3 aromatic carbocycles. The third-order valence-electron chi connectivity index (χ3n) is 4.66. The third kappa shape index (κ3) is 4.81. The average Bonchev–Trinajstić information content (AvgIpc) is 2.72. The lowest BCUT2D eigenvalue weighted by Gasteiger charge is -2.23. The first-order chi connectivity index (χ1) is 13.9. The molecule has 0 heterocycles. The average molecular weight is 406 g/mol. The molecule has 148 valence electrons. The summed E-state index contributed by atoms with van der Waals surface area (Å²) in [5.41, 5.74) is 4.00. The number of sulfonamides is 1. The maximum atomic E-state index is 13.4. The third-order valence-corrected chi connectivity index (χ3v) is 6.47. The zero-order valence-corrected chi connectivity index (χ0v) is 17.3. The van der Waals surface area contributed by atoms with Gasteiger partial charge in [-0.15, -0.1) is 0 Å². The lowest BCUT2D eigenvalue weighted by molar-refractivity contribution is 0.112. The number of rotatable bonds is 7. The van der Waals surface area contributed by atoms with E-state index in [1.54, 1.807) is 48.5 Å². The molecule has 0 fully saturated rings. The van der Waals surface area contributed by atoms with Crippen molar-refractivity contribution in [2.75, 3.05) is 10.8 Å². The van der Waals surface area contributed by atoms with Crippen LogP contribution in [0.4, 0.5) is 5.69 Å². The lowest BCUT2D eigenvalue weighted by atomic mass is 10.1. The van der Waals surface area contributed by atoms with Crippen molar-refractivity contribution in [1.29, 1.82) is 0 Å². The number of carbonyl (C=O) groups excluding carboxylic acids is 1. The quantitative estimate of drug-likeness (QED) is 0.518. The lowest BCUT2D eigenvalue weighted by Crippen LogP contribution is -2.31. The van der Waals surface area contributed by atoms with Crippen LogP contribution in [0, 0.1) is 13.8 Å². The van der Waals surface area contributed by atoms with Crippen molar-refractivity contribution in [3.05, 3.63) is 101 Å². The van der Waals surface area contributed by atoms with Gasteiger partial charge in [0.15, 0.2) is 0 Å². The summed E-state index contributed by atoms with van der Waals surface area (Å²) in [6, 6.07) is 21.3. The second kappa shape index (κ2) is 8.88. The maximum Gasteiger partial charge on any atom is 0.264 e. The molecule has 4 nitrogen and oxygen atoms in total. The van der Waals surface area contributed by atoms with Gasteiger partial charge >= 0.3 is 0 Å². The van der Waals surface area contributed by atoms with E-state index in [4.69, 9.17) is 0 Å². The zero-order valence-electron chi connectivity index (χ0n) is 16.4. The van der Waals surface area contributed by atoms with E-state index in [0.717, 1.165) is 16.7 Å². The van der Waals surface area contributed by atoms with E-state index in [2.05, 4.69) is 0 Å². The van der Waals surface area contributed by atoms with Crippen LogP contribution in [0.25, 0.3) is 6.08 Å². The molecule has 3 aromatic rings. The first-order valence-corrected chi connectivity index (χ1v) is 10.7.